The van der Waals surface area contributed by atoms with Crippen LogP contribution < -0.4 is 9.47 Å². The van der Waals surface area contributed by atoms with Gasteiger partial charge in [0, 0.05) is 30.6 Å². The molecule has 2 aromatic carbocycles. The smallest absolute Gasteiger partial charge is 0.311 e. The zero-order valence-electron chi connectivity index (χ0n) is 21.7. The van der Waals surface area contributed by atoms with E-state index in [4.69, 9.17) is 14.2 Å². The molecule has 1 aromatic heterocycles. The maximum atomic E-state index is 12.1. The molecule has 0 aliphatic carbocycles. The number of carbonyl (C=O) groups excluding carboxylic acids is 1. The van der Waals surface area contributed by atoms with Crippen molar-refractivity contribution in [3.63, 3.8) is 0 Å². The number of ether oxygens (including phenoxy) is 3. The van der Waals surface area contributed by atoms with Crippen molar-refractivity contribution in [3.05, 3.63) is 77.9 Å². The molecule has 1 aliphatic heterocycles. The molecule has 190 valence electrons. The van der Waals surface area contributed by atoms with E-state index >= 15 is 0 Å². The van der Waals surface area contributed by atoms with Gasteiger partial charge in [-0.05, 0) is 76.3 Å². The van der Waals surface area contributed by atoms with Crippen molar-refractivity contribution in [1.82, 2.24) is 9.55 Å². The number of imidazole rings is 1. The molecule has 1 atom stereocenters. The number of hydrogen-bond donors (Lipinski definition) is 0. The van der Waals surface area contributed by atoms with Crippen molar-refractivity contribution < 1.29 is 19.0 Å². The number of esters is 1. The average Bonchev–Trinajstić information content (AvgIpc) is 3.31. The second-order valence-electron chi connectivity index (χ2n) is 9.85. The molecular weight excluding hydrogens is 452 g/mol. The highest BCUT2D eigenvalue weighted by Gasteiger charge is 2.29. The van der Waals surface area contributed by atoms with Crippen LogP contribution in [0.15, 0.2) is 60.9 Å². The van der Waals surface area contributed by atoms with Crippen LogP contribution in [0, 0.1) is 5.41 Å². The third-order valence-electron chi connectivity index (χ3n) is 6.57. The van der Waals surface area contributed by atoms with E-state index in [0.29, 0.717) is 19.6 Å². The number of aryl methyl sites for hydroxylation is 2. The van der Waals surface area contributed by atoms with E-state index in [0.717, 1.165) is 47.7 Å². The van der Waals surface area contributed by atoms with Crippen molar-refractivity contribution in [2.24, 2.45) is 12.5 Å². The van der Waals surface area contributed by atoms with Gasteiger partial charge in [0.1, 0.15) is 23.4 Å². The topological polar surface area (TPSA) is 62.6 Å². The third-order valence-corrected chi connectivity index (χ3v) is 6.57. The van der Waals surface area contributed by atoms with Gasteiger partial charge in [0.15, 0.2) is 0 Å². The number of benzene rings is 2. The summed E-state index contributed by atoms with van der Waals surface area (Å²) in [6.07, 6.45) is 9.10. The molecular formula is C30H36N2O4. The van der Waals surface area contributed by atoms with Crippen LogP contribution >= 0.6 is 0 Å². The first-order chi connectivity index (χ1) is 17.4. The van der Waals surface area contributed by atoms with E-state index in [9.17, 15) is 4.79 Å². The number of carbonyl (C=O) groups is 1. The molecule has 0 saturated carbocycles. The number of nitrogens with zero attached hydrogens (tertiary/aromatic N) is 2. The molecule has 0 N–H and O–H groups in total. The van der Waals surface area contributed by atoms with Gasteiger partial charge in [0.05, 0.1) is 18.6 Å². The number of fused-ring (bicyclic) bond motifs is 1. The normalized spacial score (nSPS) is 15.0. The summed E-state index contributed by atoms with van der Waals surface area (Å²) >= 11 is 0. The minimum Gasteiger partial charge on any atom is -0.494 e. The number of hydrogen-bond acceptors (Lipinski definition) is 5. The Morgan fingerprint density at radius 2 is 1.97 bits per heavy atom. The Morgan fingerprint density at radius 3 is 2.69 bits per heavy atom. The molecule has 6 nitrogen and oxygen atoms in total. The quantitative estimate of drug-likeness (QED) is 0.241. The highest BCUT2D eigenvalue weighted by molar-refractivity contribution is 5.85. The lowest BCUT2D eigenvalue weighted by molar-refractivity contribution is -0.153. The first-order valence-electron chi connectivity index (χ1n) is 12.7. The predicted octanol–water partition coefficient (Wildman–Crippen LogP) is 6.10. The van der Waals surface area contributed by atoms with Gasteiger partial charge in [0.2, 0.25) is 0 Å². The molecule has 2 heterocycles. The average molecular weight is 489 g/mol. The van der Waals surface area contributed by atoms with Crippen molar-refractivity contribution in [1.29, 1.82) is 0 Å². The SMILES string of the molecule is CCOC(=O)C(C)(C)CCCOc1ccc2c(c1)C=C(c1nccn1C)C(CCc1ccccc1)O2. The maximum absolute atomic E-state index is 12.1. The van der Waals surface area contributed by atoms with Crippen LogP contribution in [-0.2, 0) is 23.0 Å². The first-order valence-corrected chi connectivity index (χ1v) is 12.7. The number of aromatic nitrogens is 2. The Balaban J connectivity index is 1.45. The van der Waals surface area contributed by atoms with Crippen LogP contribution in [0.4, 0.5) is 0 Å². The minimum absolute atomic E-state index is 0.0873. The summed E-state index contributed by atoms with van der Waals surface area (Å²) in [4.78, 5) is 16.7. The summed E-state index contributed by atoms with van der Waals surface area (Å²) < 4.78 is 19.7. The van der Waals surface area contributed by atoms with E-state index in [1.807, 2.05) is 69.0 Å². The molecule has 0 saturated heterocycles. The first kappa shape index (κ1) is 25.5. The highest BCUT2D eigenvalue weighted by atomic mass is 16.5. The van der Waals surface area contributed by atoms with Gasteiger partial charge in [-0.2, -0.15) is 0 Å². The van der Waals surface area contributed by atoms with Gasteiger partial charge in [-0.3, -0.25) is 4.79 Å². The standard InChI is InChI=1S/C30H36N2O4/c1-5-34-29(33)30(2,3)16-9-19-35-24-13-15-26-23(20-24)21-25(28-31-17-18-32(28)4)27(36-26)14-12-22-10-7-6-8-11-22/h6-8,10-11,13,15,17-18,20-21,27H,5,9,12,14,16,19H2,1-4H3. The lowest BCUT2D eigenvalue weighted by atomic mass is 9.88. The molecule has 4 rings (SSSR count). The van der Waals surface area contributed by atoms with Crippen LogP contribution in [-0.4, -0.2) is 34.8 Å². The van der Waals surface area contributed by atoms with Crippen LogP contribution in [0.5, 0.6) is 11.5 Å². The van der Waals surface area contributed by atoms with Crippen LogP contribution in [0.25, 0.3) is 11.6 Å². The van der Waals surface area contributed by atoms with Gasteiger partial charge >= 0.3 is 5.97 Å². The van der Waals surface area contributed by atoms with Crippen molar-refractivity contribution >= 4 is 17.6 Å². The van der Waals surface area contributed by atoms with E-state index < -0.39 is 5.41 Å². The van der Waals surface area contributed by atoms with E-state index in [2.05, 4.69) is 35.3 Å². The van der Waals surface area contributed by atoms with Crippen molar-refractivity contribution in [2.75, 3.05) is 13.2 Å². The number of rotatable bonds is 11. The van der Waals surface area contributed by atoms with E-state index in [1.54, 1.807) is 0 Å². The van der Waals surface area contributed by atoms with Crippen LogP contribution in [0.2, 0.25) is 0 Å². The lowest BCUT2D eigenvalue weighted by Crippen LogP contribution is -2.27. The molecule has 1 unspecified atom stereocenters. The molecule has 1 aliphatic rings. The summed E-state index contributed by atoms with van der Waals surface area (Å²) in [5.41, 5.74) is 2.82. The Kier molecular flexibility index (Phi) is 8.14. The van der Waals surface area contributed by atoms with E-state index in [-0.39, 0.29) is 12.1 Å². The fourth-order valence-electron chi connectivity index (χ4n) is 4.46. The summed E-state index contributed by atoms with van der Waals surface area (Å²) in [6.45, 7) is 6.59. The summed E-state index contributed by atoms with van der Waals surface area (Å²) in [5.74, 6) is 2.38. The molecule has 0 spiro atoms. The van der Waals surface area contributed by atoms with Gasteiger partial charge in [-0.25, -0.2) is 4.98 Å². The summed E-state index contributed by atoms with van der Waals surface area (Å²) in [7, 11) is 2.00. The highest BCUT2D eigenvalue weighted by Crippen LogP contribution is 2.37. The zero-order valence-corrected chi connectivity index (χ0v) is 21.7. The molecule has 6 heteroatoms. The summed E-state index contributed by atoms with van der Waals surface area (Å²) in [5, 5.41) is 0. The fourth-order valence-corrected chi connectivity index (χ4v) is 4.46. The molecule has 0 radical (unpaired) electrons. The monoisotopic (exact) mass is 488 g/mol. The summed E-state index contributed by atoms with van der Waals surface area (Å²) in [6, 6.07) is 16.4. The predicted molar refractivity (Wildman–Crippen MR) is 142 cm³/mol. The van der Waals surface area contributed by atoms with Gasteiger partial charge < -0.3 is 18.8 Å². The largest absolute Gasteiger partial charge is 0.494 e. The molecule has 3 aromatic rings. The van der Waals surface area contributed by atoms with Crippen LogP contribution in [0.3, 0.4) is 0 Å². The third kappa shape index (κ3) is 6.17. The van der Waals surface area contributed by atoms with E-state index in [1.165, 1.54) is 5.56 Å². The second-order valence-corrected chi connectivity index (χ2v) is 9.85. The Morgan fingerprint density at radius 1 is 1.17 bits per heavy atom. The van der Waals surface area contributed by atoms with Crippen LogP contribution in [0.1, 0.15) is 57.0 Å². The Hall–Kier alpha value is -3.54. The maximum Gasteiger partial charge on any atom is 0.311 e. The molecule has 36 heavy (non-hydrogen) atoms. The molecule has 0 amide bonds. The molecule has 0 bridgehead atoms. The Bertz CT molecular complexity index is 1200. The molecule has 0 fully saturated rings. The van der Waals surface area contributed by atoms with Gasteiger partial charge in [-0.15, -0.1) is 0 Å². The minimum atomic E-state index is -0.516. The Labute approximate surface area is 213 Å². The van der Waals surface area contributed by atoms with Crippen molar-refractivity contribution in [2.45, 2.75) is 52.6 Å². The zero-order chi connectivity index (χ0) is 25.5. The fraction of sp³-hybridized carbons (Fsp3) is 0.400. The second kappa shape index (κ2) is 11.5. The van der Waals surface area contributed by atoms with Gasteiger partial charge in [-0.1, -0.05) is 30.3 Å². The van der Waals surface area contributed by atoms with Crippen molar-refractivity contribution in [3.8, 4) is 11.5 Å². The van der Waals surface area contributed by atoms with Gasteiger partial charge in [0.25, 0.3) is 0 Å². The lowest BCUT2D eigenvalue weighted by Gasteiger charge is -2.27.